The number of carbonyl (C=O) groups is 2. The van der Waals surface area contributed by atoms with E-state index in [1.807, 2.05) is 0 Å². The second-order valence-electron chi connectivity index (χ2n) is 7.15. The highest BCUT2D eigenvalue weighted by molar-refractivity contribution is 7.86. The molecular formula is C16H20F2O8S. The SMILES string of the molecule is CC(OC(=O)C1C2C=CC(C2)C1C(=O)OCC1COC1)C(F)(F)S(=O)(=O)O. The molecule has 8 nitrogen and oxygen atoms in total. The Hall–Kier alpha value is -1.59. The summed E-state index contributed by atoms with van der Waals surface area (Å²) in [4.78, 5) is 24.9. The Morgan fingerprint density at radius 2 is 1.78 bits per heavy atom. The third-order valence-corrected chi connectivity index (χ3v) is 6.30. The lowest BCUT2D eigenvalue weighted by Gasteiger charge is -2.29. The summed E-state index contributed by atoms with van der Waals surface area (Å²) in [7, 11) is -5.75. The molecule has 3 rings (SSSR count). The zero-order chi connectivity index (χ0) is 20.0. The summed E-state index contributed by atoms with van der Waals surface area (Å²) in [5, 5.41) is -4.66. The van der Waals surface area contributed by atoms with Crippen LogP contribution in [0.4, 0.5) is 8.78 Å². The smallest absolute Gasteiger partial charge is 0.405 e. The molecular weight excluding hydrogens is 390 g/mol. The number of fused-ring (bicyclic) bond motifs is 2. The van der Waals surface area contributed by atoms with Gasteiger partial charge in [0.25, 0.3) is 0 Å². The van der Waals surface area contributed by atoms with E-state index in [1.54, 1.807) is 12.2 Å². The molecule has 5 unspecified atom stereocenters. The van der Waals surface area contributed by atoms with Crippen molar-refractivity contribution in [2.75, 3.05) is 19.8 Å². The molecule has 2 bridgehead atoms. The summed E-state index contributed by atoms with van der Waals surface area (Å²) in [6.45, 7) is 1.78. The van der Waals surface area contributed by atoms with Crippen LogP contribution in [0, 0.1) is 29.6 Å². The van der Waals surface area contributed by atoms with Crippen LogP contribution >= 0.6 is 0 Å². The van der Waals surface area contributed by atoms with E-state index in [0.717, 1.165) is 0 Å². The number of halogens is 2. The van der Waals surface area contributed by atoms with Crippen LogP contribution < -0.4 is 0 Å². The summed E-state index contributed by atoms with van der Waals surface area (Å²) >= 11 is 0. The topological polar surface area (TPSA) is 116 Å². The van der Waals surface area contributed by atoms with Gasteiger partial charge in [0, 0.05) is 5.92 Å². The molecule has 0 aromatic heterocycles. The molecule has 5 atom stereocenters. The van der Waals surface area contributed by atoms with E-state index in [-0.39, 0.29) is 24.4 Å². The maximum Gasteiger partial charge on any atom is 0.405 e. The van der Waals surface area contributed by atoms with Gasteiger partial charge < -0.3 is 14.2 Å². The van der Waals surface area contributed by atoms with E-state index in [4.69, 9.17) is 14.0 Å². The average Bonchev–Trinajstić information content (AvgIpc) is 3.12. The Kier molecular flexibility index (Phi) is 5.30. The number of hydrogen-bond acceptors (Lipinski definition) is 7. The van der Waals surface area contributed by atoms with Gasteiger partial charge in [-0.15, -0.1) is 0 Å². The lowest BCUT2D eigenvalue weighted by atomic mass is 9.83. The van der Waals surface area contributed by atoms with Crippen molar-refractivity contribution in [1.82, 2.24) is 0 Å². The van der Waals surface area contributed by atoms with Gasteiger partial charge in [-0.2, -0.15) is 17.2 Å². The Labute approximate surface area is 154 Å². The first-order valence-corrected chi connectivity index (χ1v) is 9.94. The third-order valence-electron chi connectivity index (χ3n) is 5.28. The van der Waals surface area contributed by atoms with Crippen molar-refractivity contribution in [1.29, 1.82) is 0 Å². The van der Waals surface area contributed by atoms with Gasteiger partial charge in [0.05, 0.1) is 31.7 Å². The predicted octanol–water partition coefficient (Wildman–Crippen LogP) is 1.03. The third kappa shape index (κ3) is 3.72. The van der Waals surface area contributed by atoms with E-state index in [2.05, 4.69) is 4.74 Å². The van der Waals surface area contributed by atoms with Crippen molar-refractivity contribution in [3.63, 3.8) is 0 Å². The van der Waals surface area contributed by atoms with Gasteiger partial charge in [-0.05, 0) is 25.2 Å². The number of allylic oxidation sites excluding steroid dienone is 2. The minimum absolute atomic E-state index is 0.0990. The Morgan fingerprint density at radius 3 is 2.26 bits per heavy atom. The molecule has 27 heavy (non-hydrogen) atoms. The number of hydrogen-bond donors (Lipinski definition) is 1. The predicted molar refractivity (Wildman–Crippen MR) is 85.0 cm³/mol. The molecule has 152 valence electrons. The molecule has 1 aliphatic heterocycles. The van der Waals surface area contributed by atoms with Gasteiger partial charge in [0.2, 0.25) is 0 Å². The first kappa shape index (κ1) is 20.2. The van der Waals surface area contributed by atoms with E-state index >= 15 is 0 Å². The van der Waals surface area contributed by atoms with Crippen molar-refractivity contribution in [2.24, 2.45) is 29.6 Å². The zero-order valence-corrected chi connectivity index (χ0v) is 15.2. The average molecular weight is 410 g/mol. The van der Waals surface area contributed by atoms with Crippen LogP contribution in [0.2, 0.25) is 0 Å². The van der Waals surface area contributed by atoms with Crippen LogP contribution in [-0.2, 0) is 33.9 Å². The van der Waals surface area contributed by atoms with Gasteiger partial charge in [0.1, 0.15) is 0 Å². The maximum absolute atomic E-state index is 13.6. The van der Waals surface area contributed by atoms with Gasteiger partial charge >= 0.3 is 27.3 Å². The molecule has 2 fully saturated rings. The van der Waals surface area contributed by atoms with Crippen LogP contribution in [0.15, 0.2) is 12.2 Å². The highest BCUT2D eigenvalue weighted by Crippen LogP contribution is 2.49. The fourth-order valence-electron chi connectivity index (χ4n) is 3.67. The first-order valence-electron chi connectivity index (χ1n) is 8.50. The maximum atomic E-state index is 13.6. The van der Waals surface area contributed by atoms with E-state index in [0.29, 0.717) is 26.6 Å². The van der Waals surface area contributed by atoms with E-state index in [1.165, 1.54) is 0 Å². The van der Waals surface area contributed by atoms with Crippen molar-refractivity contribution in [2.45, 2.75) is 24.7 Å². The monoisotopic (exact) mass is 410 g/mol. The summed E-state index contributed by atoms with van der Waals surface area (Å²) in [5.74, 6) is -4.19. The van der Waals surface area contributed by atoms with Gasteiger partial charge in [-0.25, -0.2) is 0 Å². The fraction of sp³-hybridized carbons (Fsp3) is 0.750. The summed E-state index contributed by atoms with van der Waals surface area (Å²) in [6, 6.07) is 0. The number of alkyl halides is 2. The number of rotatable bonds is 7. The molecule has 1 saturated carbocycles. The molecule has 0 amide bonds. The zero-order valence-electron chi connectivity index (χ0n) is 14.4. The van der Waals surface area contributed by atoms with Gasteiger partial charge in [-0.1, -0.05) is 12.2 Å². The van der Waals surface area contributed by atoms with Crippen LogP contribution in [0.3, 0.4) is 0 Å². The second kappa shape index (κ2) is 7.10. The van der Waals surface area contributed by atoms with Crippen molar-refractivity contribution in [3.05, 3.63) is 12.2 Å². The highest BCUT2D eigenvalue weighted by atomic mass is 32.2. The van der Waals surface area contributed by atoms with E-state index < -0.39 is 45.3 Å². The molecule has 0 radical (unpaired) electrons. The first-order chi connectivity index (χ1) is 12.5. The van der Waals surface area contributed by atoms with Gasteiger partial charge in [-0.3, -0.25) is 14.1 Å². The lowest BCUT2D eigenvalue weighted by Crippen LogP contribution is -2.45. The molecule has 0 aromatic rings. The Morgan fingerprint density at radius 1 is 1.22 bits per heavy atom. The summed E-state index contributed by atoms with van der Waals surface area (Å²) in [5.41, 5.74) is 0. The number of carbonyl (C=O) groups excluding carboxylic acids is 2. The van der Waals surface area contributed by atoms with Crippen LogP contribution in [0.25, 0.3) is 0 Å². The molecule has 1 N–H and O–H groups in total. The number of ether oxygens (including phenoxy) is 3. The van der Waals surface area contributed by atoms with Crippen LogP contribution in [-0.4, -0.2) is 56.1 Å². The van der Waals surface area contributed by atoms with Crippen molar-refractivity contribution in [3.8, 4) is 0 Å². The Balaban J connectivity index is 1.68. The molecule has 1 saturated heterocycles. The minimum Gasteiger partial charge on any atom is -0.465 e. The standard InChI is InChI=1S/C16H20F2O8S/c1-8(16(17,18)27(21,22)23)26-15(20)13-11-3-2-10(4-11)12(13)14(19)25-7-9-5-24-6-9/h2-3,8-13H,4-7H2,1H3,(H,21,22,23). The van der Waals surface area contributed by atoms with Gasteiger partial charge in [0.15, 0.2) is 6.10 Å². The minimum atomic E-state index is -5.75. The van der Waals surface area contributed by atoms with Crippen molar-refractivity contribution >= 4 is 22.1 Å². The van der Waals surface area contributed by atoms with E-state index in [9.17, 15) is 26.8 Å². The second-order valence-corrected chi connectivity index (χ2v) is 8.64. The lowest BCUT2D eigenvalue weighted by molar-refractivity contribution is -0.173. The molecule has 0 aromatic carbocycles. The van der Waals surface area contributed by atoms with Crippen molar-refractivity contribution < 1.29 is 45.6 Å². The quantitative estimate of drug-likeness (QED) is 0.376. The number of esters is 2. The van der Waals surface area contributed by atoms with Crippen LogP contribution in [0.1, 0.15) is 13.3 Å². The molecule has 11 heteroatoms. The highest BCUT2D eigenvalue weighted by Gasteiger charge is 2.56. The molecule has 1 heterocycles. The van der Waals surface area contributed by atoms with Crippen LogP contribution in [0.5, 0.6) is 0 Å². The molecule has 3 aliphatic rings. The summed E-state index contributed by atoms with van der Waals surface area (Å²) < 4.78 is 72.4. The molecule has 2 aliphatic carbocycles. The molecule has 0 spiro atoms. The summed E-state index contributed by atoms with van der Waals surface area (Å²) in [6.07, 6.45) is 1.57. The normalized spacial score (nSPS) is 31.4. The fourth-order valence-corrected chi connectivity index (χ4v) is 4.14. The largest absolute Gasteiger partial charge is 0.465 e. The Bertz CT molecular complexity index is 746.